The molecule has 2 aromatic heterocycles. The van der Waals surface area contributed by atoms with Crippen molar-refractivity contribution in [3.63, 3.8) is 0 Å². The van der Waals surface area contributed by atoms with Crippen molar-refractivity contribution in [1.29, 1.82) is 0 Å². The Hall–Kier alpha value is -2.74. The SMILES string of the molecule is Cc1cc(CC(=O)N2C[C@H](O)C[C@H]2C(=O)NCc2cccnc2)on1. The number of amides is 2. The monoisotopic (exact) mass is 344 g/mol. The highest BCUT2D eigenvalue weighted by atomic mass is 16.5. The summed E-state index contributed by atoms with van der Waals surface area (Å²) in [5, 5.41) is 16.4. The average Bonchev–Trinajstić information content (AvgIpc) is 3.19. The molecule has 0 aromatic carbocycles. The summed E-state index contributed by atoms with van der Waals surface area (Å²) in [5.41, 5.74) is 1.56. The van der Waals surface area contributed by atoms with Gasteiger partial charge in [0.15, 0.2) is 0 Å². The largest absolute Gasteiger partial charge is 0.391 e. The zero-order valence-electron chi connectivity index (χ0n) is 13.9. The number of aromatic nitrogens is 2. The van der Waals surface area contributed by atoms with Crippen LogP contribution in [0.15, 0.2) is 35.1 Å². The third-order valence-electron chi connectivity index (χ3n) is 4.09. The molecular formula is C17H20N4O4. The first-order chi connectivity index (χ1) is 12.0. The number of likely N-dealkylation sites (tertiary alicyclic amines) is 1. The van der Waals surface area contributed by atoms with Crippen LogP contribution in [-0.2, 0) is 22.6 Å². The van der Waals surface area contributed by atoms with E-state index in [1.807, 2.05) is 6.07 Å². The maximum atomic E-state index is 12.5. The summed E-state index contributed by atoms with van der Waals surface area (Å²) in [6.45, 7) is 2.23. The van der Waals surface area contributed by atoms with Crippen molar-refractivity contribution in [3.05, 3.63) is 47.6 Å². The molecule has 1 saturated heterocycles. The first-order valence-electron chi connectivity index (χ1n) is 8.09. The molecule has 2 aromatic rings. The van der Waals surface area contributed by atoms with E-state index in [2.05, 4.69) is 15.5 Å². The molecule has 0 radical (unpaired) electrons. The molecule has 2 atom stereocenters. The van der Waals surface area contributed by atoms with Crippen LogP contribution >= 0.6 is 0 Å². The van der Waals surface area contributed by atoms with Gasteiger partial charge in [-0.3, -0.25) is 14.6 Å². The highest BCUT2D eigenvalue weighted by molar-refractivity contribution is 5.89. The number of aliphatic hydroxyl groups is 1. The minimum atomic E-state index is -0.713. The molecule has 1 aliphatic rings. The Kier molecular flexibility index (Phi) is 5.08. The summed E-state index contributed by atoms with van der Waals surface area (Å²) in [5.74, 6) is -0.116. The minimum absolute atomic E-state index is 0.0138. The van der Waals surface area contributed by atoms with E-state index in [4.69, 9.17) is 4.52 Å². The van der Waals surface area contributed by atoms with Gasteiger partial charge in [0.25, 0.3) is 0 Å². The molecule has 25 heavy (non-hydrogen) atoms. The van der Waals surface area contributed by atoms with E-state index in [0.29, 0.717) is 18.0 Å². The second-order valence-corrected chi connectivity index (χ2v) is 6.14. The lowest BCUT2D eigenvalue weighted by molar-refractivity contribution is -0.138. The predicted molar refractivity (Wildman–Crippen MR) is 87.2 cm³/mol. The first kappa shape index (κ1) is 17.1. The van der Waals surface area contributed by atoms with Gasteiger partial charge in [-0.15, -0.1) is 0 Å². The molecule has 0 saturated carbocycles. The van der Waals surface area contributed by atoms with Crippen LogP contribution in [0.4, 0.5) is 0 Å². The Bertz CT molecular complexity index is 746. The summed E-state index contributed by atoms with van der Waals surface area (Å²) in [6.07, 6.45) is 2.85. The number of aliphatic hydroxyl groups excluding tert-OH is 1. The Labute approximate surface area is 144 Å². The van der Waals surface area contributed by atoms with Crippen LogP contribution in [0.5, 0.6) is 0 Å². The molecule has 132 valence electrons. The molecule has 0 unspecified atom stereocenters. The molecule has 0 bridgehead atoms. The number of carbonyl (C=O) groups is 2. The average molecular weight is 344 g/mol. The number of hydrogen-bond donors (Lipinski definition) is 2. The number of nitrogens with zero attached hydrogens (tertiary/aromatic N) is 3. The summed E-state index contributed by atoms with van der Waals surface area (Å²) in [6, 6.07) is 4.63. The van der Waals surface area contributed by atoms with Crippen LogP contribution in [0.2, 0.25) is 0 Å². The van der Waals surface area contributed by atoms with Crippen LogP contribution in [0.1, 0.15) is 23.4 Å². The van der Waals surface area contributed by atoms with Crippen molar-refractivity contribution in [3.8, 4) is 0 Å². The van der Waals surface area contributed by atoms with E-state index in [0.717, 1.165) is 5.56 Å². The smallest absolute Gasteiger partial charge is 0.243 e. The summed E-state index contributed by atoms with van der Waals surface area (Å²) < 4.78 is 5.05. The van der Waals surface area contributed by atoms with Crippen molar-refractivity contribution in [1.82, 2.24) is 20.4 Å². The van der Waals surface area contributed by atoms with E-state index in [-0.39, 0.29) is 31.2 Å². The summed E-state index contributed by atoms with van der Waals surface area (Å²) in [7, 11) is 0. The molecule has 1 aliphatic heterocycles. The lowest BCUT2D eigenvalue weighted by Crippen LogP contribution is -2.46. The molecule has 0 spiro atoms. The van der Waals surface area contributed by atoms with E-state index in [1.54, 1.807) is 31.5 Å². The fourth-order valence-electron chi connectivity index (χ4n) is 2.90. The standard InChI is InChI=1S/C17H20N4O4/c1-11-5-14(25-20-11)7-16(23)21-10-13(22)6-15(21)17(24)19-9-12-3-2-4-18-8-12/h2-5,8,13,15,22H,6-7,9-10H2,1H3,(H,19,24)/t13-,15+/m1/s1. The van der Waals surface area contributed by atoms with Crippen LogP contribution in [0, 0.1) is 6.92 Å². The molecule has 0 aliphatic carbocycles. The lowest BCUT2D eigenvalue weighted by Gasteiger charge is -2.23. The van der Waals surface area contributed by atoms with Crippen molar-refractivity contribution in [2.75, 3.05) is 6.54 Å². The maximum Gasteiger partial charge on any atom is 0.243 e. The van der Waals surface area contributed by atoms with Crippen molar-refractivity contribution < 1.29 is 19.2 Å². The fourth-order valence-corrected chi connectivity index (χ4v) is 2.90. The van der Waals surface area contributed by atoms with Gasteiger partial charge in [0.2, 0.25) is 11.8 Å². The second kappa shape index (κ2) is 7.43. The van der Waals surface area contributed by atoms with Crippen molar-refractivity contribution in [2.45, 2.75) is 38.5 Å². The van der Waals surface area contributed by atoms with E-state index >= 15 is 0 Å². The fraction of sp³-hybridized carbons (Fsp3) is 0.412. The Balaban J connectivity index is 1.62. The molecule has 2 N–H and O–H groups in total. The quantitative estimate of drug-likeness (QED) is 0.802. The van der Waals surface area contributed by atoms with Gasteiger partial charge < -0.3 is 19.8 Å². The molecule has 3 heterocycles. The van der Waals surface area contributed by atoms with Crippen molar-refractivity contribution in [2.24, 2.45) is 0 Å². The summed E-state index contributed by atoms with van der Waals surface area (Å²) >= 11 is 0. The zero-order chi connectivity index (χ0) is 17.8. The van der Waals surface area contributed by atoms with Crippen LogP contribution < -0.4 is 5.32 Å². The van der Waals surface area contributed by atoms with Gasteiger partial charge in [-0.1, -0.05) is 11.2 Å². The van der Waals surface area contributed by atoms with E-state index in [1.165, 1.54) is 4.90 Å². The molecular weight excluding hydrogens is 324 g/mol. The Morgan fingerprint density at radius 3 is 3.00 bits per heavy atom. The zero-order valence-corrected chi connectivity index (χ0v) is 13.9. The van der Waals surface area contributed by atoms with Gasteiger partial charge in [-0.05, 0) is 18.6 Å². The highest BCUT2D eigenvalue weighted by Gasteiger charge is 2.38. The summed E-state index contributed by atoms with van der Waals surface area (Å²) in [4.78, 5) is 30.4. The lowest BCUT2D eigenvalue weighted by atomic mass is 10.1. The minimum Gasteiger partial charge on any atom is -0.391 e. The normalized spacial score (nSPS) is 19.8. The van der Waals surface area contributed by atoms with E-state index < -0.39 is 12.1 Å². The van der Waals surface area contributed by atoms with Crippen LogP contribution in [-0.4, -0.2) is 50.7 Å². The number of hydrogen-bond acceptors (Lipinski definition) is 6. The third kappa shape index (κ3) is 4.21. The van der Waals surface area contributed by atoms with Crippen LogP contribution in [0.25, 0.3) is 0 Å². The number of rotatable bonds is 5. The molecule has 8 nitrogen and oxygen atoms in total. The van der Waals surface area contributed by atoms with Gasteiger partial charge in [0.05, 0.1) is 18.2 Å². The molecule has 8 heteroatoms. The van der Waals surface area contributed by atoms with Gasteiger partial charge in [-0.25, -0.2) is 0 Å². The first-order valence-corrected chi connectivity index (χ1v) is 8.09. The Morgan fingerprint density at radius 1 is 1.48 bits per heavy atom. The number of pyridine rings is 1. The second-order valence-electron chi connectivity index (χ2n) is 6.14. The van der Waals surface area contributed by atoms with E-state index in [9.17, 15) is 14.7 Å². The number of carbonyl (C=O) groups excluding carboxylic acids is 2. The van der Waals surface area contributed by atoms with Crippen molar-refractivity contribution >= 4 is 11.8 Å². The molecule has 2 amide bonds. The predicted octanol–water partition coefficient (Wildman–Crippen LogP) is 0.199. The third-order valence-corrected chi connectivity index (χ3v) is 4.09. The number of aryl methyl sites for hydroxylation is 1. The van der Waals surface area contributed by atoms with Crippen LogP contribution in [0.3, 0.4) is 0 Å². The Morgan fingerprint density at radius 2 is 2.32 bits per heavy atom. The van der Waals surface area contributed by atoms with Gasteiger partial charge in [0, 0.05) is 38.0 Å². The van der Waals surface area contributed by atoms with Gasteiger partial charge in [-0.2, -0.15) is 0 Å². The van der Waals surface area contributed by atoms with Gasteiger partial charge >= 0.3 is 0 Å². The number of nitrogens with one attached hydrogen (secondary N) is 1. The maximum absolute atomic E-state index is 12.5. The highest BCUT2D eigenvalue weighted by Crippen LogP contribution is 2.20. The molecule has 1 fully saturated rings. The number of β-amino-alcohol motifs (C(OH)–C–C–N with tert-alkyl or cyclic N) is 1. The molecule has 3 rings (SSSR count). The van der Waals surface area contributed by atoms with Gasteiger partial charge in [0.1, 0.15) is 11.8 Å². The topological polar surface area (TPSA) is 109 Å².